The predicted molar refractivity (Wildman–Crippen MR) is 93.6 cm³/mol. The van der Waals surface area contributed by atoms with E-state index in [1.54, 1.807) is 36.4 Å². The van der Waals surface area contributed by atoms with Crippen LogP contribution in [0.4, 0.5) is 10.5 Å². The third-order valence-corrected chi connectivity index (χ3v) is 3.40. The van der Waals surface area contributed by atoms with Gasteiger partial charge in [0, 0.05) is 11.8 Å². The van der Waals surface area contributed by atoms with E-state index in [2.05, 4.69) is 10.6 Å². The lowest BCUT2D eigenvalue weighted by molar-refractivity contribution is 0.149. The van der Waals surface area contributed by atoms with Crippen molar-refractivity contribution >= 4 is 11.7 Å². The molecular weight excluding hydrogens is 320 g/mol. The van der Waals surface area contributed by atoms with Crippen molar-refractivity contribution in [2.24, 2.45) is 0 Å². The predicted octanol–water partition coefficient (Wildman–Crippen LogP) is 3.93. The van der Waals surface area contributed by atoms with E-state index in [-0.39, 0.29) is 6.54 Å². The molecule has 25 heavy (non-hydrogen) atoms. The van der Waals surface area contributed by atoms with Gasteiger partial charge in [-0.2, -0.15) is 0 Å². The van der Waals surface area contributed by atoms with Gasteiger partial charge >= 0.3 is 6.03 Å². The number of rotatable bonds is 6. The molecule has 0 saturated heterocycles. The first-order valence-electron chi connectivity index (χ1n) is 7.80. The lowest BCUT2D eigenvalue weighted by Crippen LogP contribution is -2.32. The van der Waals surface area contributed by atoms with Crippen LogP contribution in [0, 0.1) is 0 Å². The molecule has 2 amide bonds. The average Bonchev–Trinajstić information content (AvgIpc) is 3.16. The Morgan fingerprint density at radius 1 is 1.04 bits per heavy atom. The minimum Gasteiger partial charge on any atom is -0.467 e. The lowest BCUT2D eigenvalue weighted by atomic mass is 10.3. The SMILES string of the molecule is O=C(NCC(O)c1ccco1)Nc1cccc(Oc2ccccc2)c1. The minimum atomic E-state index is -0.895. The van der Waals surface area contributed by atoms with Crippen molar-refractivity contribution in [1.82, 2.24) is 5.32 Å². The number of hydrogen-bond acceptors (Lipinski definition) is 4. The van der Waals surface area contributed by atoms with Crippen molar-refractivity contribution < 1.29 is 19.1 Å². The summed E-state index contributed by atoms with van der Waals surface area (Å²) < 4.78 is 10.8. The summed E-state index contributed by atoms with van der Waals surface area (Å²) >= 11 is 0. The van der Waals surface area contributed by atoms with Crippen molar-refractivity contribution in [2.45, 2.75) is 6.10 Å². The van der Waals surface area contributed by atoms with Crippen LogP contribution < -0.4 is 15.4 Å². The zero-order chi connectivity index (χ0) is 17.5. The molecule has 0 fully saturated rings. The second-order valence-electron chi connectivity index (χ2n) is 5.31. The maximum atomic E-state index is 12.0. The van der Waals surface area contributed by atoms with E-state index >= 15 is 0 Å². The highest BCUT2D eigenvalue weighted by molar-refractivity contribution is 5.89. The van der Waals surface area contributed by atoms with Crippen LogP contribution in [0.25, 0.3) is 0 Å². The number of carbonyl (C=O) groups excluding carboxylic acids is 1. The summed E-state index contributed by atoms with van der Waals surface area (Å²) in [6, 6.07) is 19.3. The van der Waals surface area contributed by atoms with Gasteiger partial charge in [0.2, 0.25) is 0 Å². The maximum absolute atomic E-state index is 12.0. The smallest absolute Gasteiger partial charge is 0.319 e. The first-order valence-corrected chi connectivity index (χ1v) is 7.80. The van der Waals surface area contributed by atoms with Gasteiger partial charge in [0.1, 0.15) is 23.4 Å². The fraction of sp³-hybridized carbons (Fsp3) is 0.105. The zero-order valence-electron chi connectivity index (χ0n) is 13.4. The zero-order valence-corrected chi connectivity index (χ0v) is 13.4. The second-order valence-corrected chi connectivity index (χ2v) is 5.31. The third-order valence-electron chi connectivity index (χ3n) is 3.40. The number of nitrogens with one attached hydrogen (secondary N) is 2. The summed E-state index contributed by atoms with van der Waals surface area (Å²) in [4.78, 5) is 12.0. The highest BCUT2D eigenvalue weighted by atomic mass is 16.5. The van der Waals surface area contributed by atoms with Crippen LogP contribution in [-0.4, -0.2) is 17.7 Å². The molecule has 0 aliphatic heterocycles. The number of amides is 2. The molecule has 0 aliphatic carbocycles. The first kappa shape index (κ1) is 16.6. The highest BCUT2D eigenvalue weighted by Crippen LogP contribution is 2.23. The molecule has 0 aliphatic rings. The van der Waals surface area contributed by atoms with Gasteiger partial charge < -0.3 is 24.9 Å². The first-order chi connectivity index (χ1) is 12.2. The molecule has 1 atom stereocenters. The Labute approximate surface area is 145 Å². The fourth-order valence-corrected chi connectivity index (χ4v) is 2.21. The van der Waals surface area contributed by atoms with Gasteiger partial charge in [-0.05, 0) is 36.4 Å². The number of carbonyl (C=O) groups is 1. The van der Waals surface area contributed by atoms with Gasteiger partial charge in [-0.25, -0.2) is 4.79 Å². The Hall–Kier alpha value is -3.25. The van der Waals surface area contributed by atoms with Gasteiger partial charge in [-0.1, -0.05) is 24.3 Å². The molecule has 2 aromatic carbocycles. The maximum Gasteiger partial charge on any atom is 0.319 e. The number of furan rings is 1. The van der Waals surface area contributed by atoms with Crippen LogP contribution >= 0.6 is 0 Å². The van der Waals surface area contributed by atoms with Gasteiger partial charge in [-0.15, -0.1) is 0 Å². The second kappa shape index (κ2) is 8.03. The number of aliphatic hydroxyl groups is 1. The van der Waals surface area contributed by atoms with Crippen molar-refractivity contribution in [1.29, 1.82) is 0 Å². The van der Waals surface area contributed by atoms with Crippen LogP contribution in [0.2, 0.25) is 0 Å². The van der Waals surface area contributed by atoms with Gasteiger partial charge in [0.05, 0.1) is 12.8 Å². The summed E-state index contributed by atoms with van der Waals surface area (Å²) in [7, 11) is 0. The monoisotopic (exact) mass is 338 g/mol. The molecule has 128 valence electrons. The molecule has 0 saturated carbocycles. The Bertz CT molecular complexity index is 803. The van der Waals surface area contributed by atoms with Gasteiger partial charge in [0.25, 0.3) is 0 Å². The molecule has 1 heterocycles. The summed E-state index contributed by atoms with van der Waals surface area (Å²) in [6.45, 7) is 0.0412. The van der Waals surface area contributed by atoms with Crippen LogP contribution in [0.1, 0.15) is 11.9 Å². The fourth-order valence-electron chi connectivity index (χ4n) is 2.21. The average molecular weight is 338 g/mol. The van der Waals surface area contributed by atoms with Crippen LogP contribution in [0.15, 0.2) is 77.4 Å². The Morgan fingerprint density at radius 2 is 1.84 bits per heavy atom. The molecule has 0 spiro atoms. The van der Waals surface area contributed by atoms with E-state index in [1.807, 2.05) is 30.3 Å². The largest absolute Gasteiger partial charge is 0.467 e. The number of para-hydroxylation sites is 1. The number of benzene rings is 2. The third kappa shape index (κ3) is 4.86. The highest BCUT2D eigenvalue weighted by Gasteiger charge is 2.12. The van der Waals surface area contributed by atoms with Crippen LogP contribution in [0.3, 0.4) is 0 Å². The standard InChI is InChI=1S/C19H18N2O4/c22-17(18-10-5-11-24-18)13-20-19(23)21-14-6-4-9-16(12-14)25-15-7-2-1-3-8-15/h1-12,17,22H,13H2,(H2,20,21,23). The summed E-state index contributed by atoms with van der Waals surface area (Å²) in [6.07, 6.45) is 0.574. The number of anilines is 1. The lowest BCUT2D eigenvalue weighted by Gasteiger charge is -2.12. The van der Waals surface area contributed by atoms with Crippen molar-refractivity contribution in [3.05, 3.63) is 78.8 Å². The normalized spacial score (nSPS) is 11.6. The molecule has 6 nitrogen and oxygen atoms in total. The van der Waals surface area contributed by atoms with E-state index in [1.165, 1.54) is 6.26 Å². The molecular formula is C19H18N2O4. The number of ether oxygens (including phenoxy) is 1. The molecule has 0 radical (unpaired) electrons. The van der Waals surface area contributed by atoms with E-state index < -0.39 is 12.1 Å². The van der Waals surface area contributed by atoms with Crippen molar-refractivity contribution in [3.63, 3.8) is 0 Å². The molecule has 3 aromatic rings. The number of urea groups is 1. The number of aliphatic hydroxyl groups excluding tert-OH is 1. The topological polar surface area (TPSA) is 83.7 Å². The van der Waals surface area contributed by atoms with Crippen molar-refractivity contribution in [3.8, 4) is 11.5 Å². The molecule has 6 heteroatoms. The van der Waals surface area contributed by atoms with Crippen molar-refractivity contribution in [2.75, 3.05) is 11.9 Å². The van der Waals surface area contributed by atoms with Gasteiger partial charge in [-0.3, -0.25) is 0 Å². The van der Waals surface area contributed by atoms with E-state index in [0.717, 1.165) is 0 Å². The summed E-state index contributed by atoms with van der Waals surface area (Å²) in [5.74, 6) is 1.73. The van der Waals surface area contributed by atoms with E-state index in [0.29, 0.717) is 22.9 Å². The molecule has 3 N–H and O–H groups in total. The van der Waals surface area contributed by atoms with E-state index in [9.17, 15) is 9.90 Å². The molecule has 1 unspecified atom stereocenters. The Kier molecular flexibility index (Phi) is 5.33. The van der Waals surface area contributed by atoms with Crippen LogP contribution in [-0.2, 0) is 0 Å². The summed E-state index contributed by atoms with van der Waals surface area (Å²) in [5, 5.41) is 15.2. The minimum absolute atomic E-state index is 0.0412. The van der Waals surface area contributed by atoms with Gasteiger partial charge in [0.15, 0.2) is 0 Å². The summed E-state index contributed by atoms with van der Waals surface area (Å²) in [5.41, 5.74) is 0.582. The Balaban J connectivity index is 1.53. The molecule has 0 bridgehead atoms. The quantitative estimate of drug-likeness (QED) is 0.636. The van der Waals surface area contributed by atoms with Crippen LogP contribution in [0.5, 0.6) is 11.5 Å². The van der Waals surface area contributed by atoms with E-state index in [4.69, 9.17) is 9.15 Å². The molecule has 1 aromatic heterocycles. The molecule has 3 rings (SSSR count). The Morgan fingerprint density at radius 3 is 2.60 bits per heavy atom. The number of hydrogen-bond donors (Lipinski definition) is 3.